The van der Waals surface area contributed by atoms with E-state index in [9.17, 15) is 13.6 Å². The highest BCUT2D eigenvalue weighted by molar-refractivity contribution is 5.93. The monoisotopic (exact) mass is 402 g/mol. The summed E-state index contributed by atoms with van der Waals surface area (Å²) in [7, 11) is 0. The third-order valence-electron chi connectivity index (χ3n) is 4.62. The Morgan fingerprint density at radius 1 is 1.07 bits per heavy atom. The first-order valence-corrected chi connectivity index (χ1v) is 9.60. The van der Waals surface area contributed by atoms with Gasteiger partial charge in [-0.3, -0.25) is 9.20 Å². The molecule has 0 saturated carbocycles. The minimum Gasteiger partial charge on any atom is -0.396 e. The quantitative estimate of drug-likeness (QED) is 0.644. The maximum Gasteiger partial charge on any atom is 0.269 e. The second-order valence-electron chi connectivity index (χ2n) is 6.72. The predicted molar refractivity (Wildman–Crippen MR) is 107 cm³/mol. The van der Waals surface area contributed by atoms with Crippen LogP contribution in [0.15, 0.2) is 48.8 Å². The Morgan fingerprint density at radius 3 is 2.34 bits per heavy atom. The number of hydrogen-bond donors (Lipinski definition) is 2. The van der Waals surface area contributed by atoms with Gasteiger partial charge in [-0.15, -0.1) is 0 Å². The van der Waals surface area contributed by atoms with Gasteiger partial charge in [0, 0.05) is 32.4 Å². The van der Waals surface area contributed by atoms with Gasteiger partial charge in [0.05, 0.1) is 11.9 Å². The van der Waals surface area contributed by atoms with Crippen molar-refractivity contribution in [1.82, 2.24) is 14.7 Å². The molecule has 1 aliphatic rings. The molecule has 4 rings (SSSR count). The minimum absolute atomic E-state index is 0.0759. The summed E-state index contributed by atoms with van der Waals surface area (Å²) in [6.07, 6.45) is 6.57. The molecule has 8 heteroatoms. The number of benzene rings is 1. The number of aromatic nitrogens is 2. The number of aliphatic hydroxyl groups is 1. The van der Waals surface area contributed by atoms with Crippen molar-refractivity contribution in [3.8, 4) is 0 Å². The maximum absolute atomic E-state index is 12.2. The highest BCUT2D eigenvalue weighted by Gasteiger charge is 2.16. The Labute approximate surface area is 167 Å². The highest BCUT2D eigenvalue weighted by Crippen LogP contribution is 2.21. The van der Waals surface area contributed by atoms with Crippen molar-refractivity contribution in [2.75, 3.05) is 31.1 Å². The molecule has 0 unspecified atom stereocenters. The van der Waals surface area contributed by atoms with Crippen LogP contribution in [0.25, 0.3) is 5.65 Å². The molecule has 3 aromatic rings. The Hall–Kier alpha value is -3.00. The molecule has 1 saturated heterocycles. The van der Waals surface area contributed by atoms with E-state index in [4.69, 9.17) is 5.11 Å². The number of rotatable bonds is 5. The zero-order valence-corrected chi connectivity index (χ0v) is 16.0. The molecule has 0 bridgehead atoms. The van der Waals surface area contributed by atoms with E-state index in [2.05, 4.69) is 21.3 Å². The first-order chi connectivity index (χ1) is 14.1. The topological polar surface area (TPSA) is 69.9 Å². The summed E-state index contributed by atoms with van der Waals surface area (Å²) in [5.41, 5.74) is 2.43. The van der Waals surface area contributed by atoms with Crippen molar-refractivity contribution >= 4 is 17.2 Å². The van der Waals surface area contributed by atoms with Gasteiger partial charge >= 0.3 is 0 Å². The fraction of sp³-hybridized carbons (Fsp3) is 0.333. The second kappa shape index (κ2) is 9.97. The molecule has 0 atom stereocenters. The summed E-state index contributed by atoms with van der Waals surface area (Å²) in [5.74, 6) is -0.979. The lowest BCUT2D eigenvalue weighted by atomic mass is 10.3. The Bertz CT molecular complexity index is 917. The first kappa shape index (κ1) is 20.7. The molecule has 2 N–H and O–H groups in total. The maximum atomic E-state index is 12.2. The summed E-state index contributed by atoms with van der Waals surface area (Å²) in [6, 6.07) is 8.31. The number of pyridine rings is 1. The number of amides is 1. The number of hydrogen-bond acceptors (Lipinski definition) is 4. The summed E-state index contributed by atoms with van der Waals surface area (Å²) in [4.78, 5) is 18.8. The zero-order chi connectivity index (χ0) is 20.6. The smallest absolute Gasteiger partial charge is 0.269 e. The number of aliphatic hydroxyl groups excluding tert-OH is 1. The number of anilines is 1. The van der Waals surface area contributed by atoms with Crippen LogP contribution in [-0.4, -0.2) is 46.6 Å². The van der Waals surface area contributed by atoms with Gasteiger partial charge in [-0.2, -0.15) is 0 Å². The van der Waals surface area contributed by atoms with E-state index in [0.29, 0.717) is 18.7 Å². The summed E-state index contributed by atoms with van der Waals surface area (Å²) < 4.78 is 25.7. The molecule has 0 aliphatic carbocycles. The van der Waals surface area contributed by atoms with Crippen LogP contribution in [0.3, 0.4) is 0 Å². The lowest BCUT2D eigenvalue weighted by Crippen LogP contribution is -2.26. The van der Waals surface area contributed by atoms with Gasteiger partial charge in [-0.05, 0) is 55.7 Å². The number of carbonyl (C=O) groups is 1. The average molecular weight is 402 g/mol. The van der Waals surface area contributed by atoms with Gasteiger partial charge in [-0.25, -0.2) is 13.8 Å². The third-order valence-corrected chi connectivity index (χ3v) is 4.62. The Kier molecular flexibility index (Phi) is 7.13. The van der Waals surface area contributed by atoms with Crippen LogP contribution in [0, 0.1) is 11.6 Å². The molecule has 1 aromatic carbocycles. The van der Waals surface area contributed by atoms with Crippen molar-refractivity contribution in [1.29, 1.82) is 0 Å². The number of imidazole rings is 1. The van der Waals surface area contributed by atoms with Gasteiger partial charge in [-0.1, -0.05) is 0 Å². The summed E-state index contributed by atoms with van der Waals surface area (Å²) >= 11 is 0. The van der Waals surface area contributed by atoms with E-state index in [1.165, 1.54) is 12.8 Å². The van der Waals surface area contributed by atoms with Gasteiger partial charge in [0.1, 0.15) is 23.0 Å². The number of nitrogens with one attached hydrogen (secondary N) is 1. The first-order valence-electron chi connectivity index (χ1n) is 9.60. The molecule has 1 fully saturated rings. The van der Waals surface area contributed by atoms with Crippen LogP contribution in [0.4, 0.5) is 14.5 Å². The molecule has 0 spiro atoms. The number of halogens is 2. The van der Waals surface area contributed by atoms with Gasteiger partial charge in [0.15, 0.2) is 0 Å². The molecular weight excluding hydrogens is 378 g/mol. The van der Waals surface area contributed by atoms with E-state index >= 15 is 0 Å². The largest absolute Gasteiger partial charge is 0.396 e. The van der Waals surface area contributed by atoms with E-state index in [1.54, 1.807) is 6.20 Å². The van der Waals surface area contributed by atoms with Crippen LogP contribution < -0.4 is 10.2 Å². The molecule has 6 nitrogen and oxygen atoms in total. The molecule has 0 radical (unpaired) electrons. The second-order valence-corrected chi connectivity index (χ2v) is 6.72. The van der Waals surface area contributed by atoms with Gasteiger partial charge < -0.3 is 15.3 Å². The lowest BCUT2D eigenvalue weighted by molar-refractivity contribution is 0.0945. The molecule has 3 heterocycles. The fourth-order valence-electron chi connectivity index (χ4n) is 3.10. The molecule has 154 valence electrons. The molecule has 1 amide bonds. The van der Waals surface area contributed by atoms with Gasteiger partial charge in [0.25, 0.3) is 5.91 Å². The SMILES string of the molecule is Fc1ccc(F)cc1.O=C(NCCCO)c1cnc2ccc(N3CCCC3)cn12. The van der Waals surface area contributed by atoms with Crippen molar-refractivity contribution in [2.24, 2.45) is 0 Å². The van der Waals surface area contributed by atoms with E-state index in [1.807, 2.05) is 16.7 Å². The van der Waals surface area contributed by atoms with E-state index in [-0.39, 0.29) is 12.5 Å². The highest BCUT2D eigenvalue weighted by atomic mass is 19.1. The summed E-state index contributed by atoms with van der Waals surface area (Å²) in [6.45, 7) is 2.68. The number of nitrogens with zero attached hydrogens (tertiary/aromatic N) is 3. The van der Waals surface area contributed by atoms with Crippen LogP contribution in [0.5, 0.6) is 0 Å². The fourth-order valence-corrected chi connectivity index (χ4v) is 3.10. The standard InChI is InChI=1S/C15H20N4O2.C6H4F2/c20-9-3-6-16-15(21)13-10-17-14-5-4-12(11-19(13)14)18-7-1-2-8-18;7-5-1-2-6(8)4-3-5/h4-5,10-11,20H,1-3,6-9H2,(H,16,21);1-4H. The van der Waals surface area contributed by atoms with Crippen LogP contribution >= 0.6 is 0 Å². The number of carbonyl (C=O) groups excluding carboxylic acids is 1. The zero-order valence-electron chi connectivity index (χ0n) is 16.0. The van der Waals surface area contributed by atoms with Crippen LogP contribution in [0.2, 0.25) is 0 Å². The molecule has 2 aromatic heterocycles. The van der Waals surface area contributed by atoms with Crippen LogP contribution in [0.1, 0.15) is 29.8 Å². The Balaban J connectivity index is 0.000000252. The molecule has 29 heavy (non-hydrogen) atoms. The van der Waals surface area contributed by atoms with Crippen molar-refractivity contribution in [2.45, 2.75) is 19.3 Å². The number of fused-ring (bicyclic) bond motifs is 1. The third kappa shape index (κ3) is 5.51. The van der Waals surface area contributed by atoms with E-state index < -0.39 is 11.6 Å². The molecular formula is C21H24F2N4O2. The normalized spacial score (nSPS) is 13.3. The minimum atomic E-state index is -0.411. The molecule has 1 aliphatic heterocycles. The van der Waals surface area contributed by atoms with Gasteiger partial charge in [0.2, 0.25) is 0 Å². The lowest BCUT2D eigenvalue weighted by Gasteiger charge is -2.17. The Morgan fingerprint density at radius 2 is 1.72 bits per heavy atom. The van der Waals surface area contributed by atoms with Crippen molar-refractivity contribution in [3.63, 3.8) is 0 Å². The van der Waals surface area contributed by atoms with Crippen LogP contribution in [-0.2, 0) is 0 Å². The predicted octanol–water partition coefficient (Wildman–Crippen LogP) is 3.01. The van der Waals surface area contributed by atoms with E-state index in [0.717, 1.165) is 48.7 Å². The van der Waals surface area contributed by atoms with Crippen molar-refractivity contribution < 1.29 is 18.7 Å². The summed E-state index contributed by atoms with van der Waals surface area (Å²) in [5, 5.41) is 11.6. The van der Waals surface area contributed by atoms with Crippen molar-refractivity contribution in [3.05, 3.63) is 66.1 Å². The average Bonchev–Trinajstić information content (AvgIpc) is 3.40.